The molecule has 1 aromatic carbocycles. The summed E-state index contributed by atoms with van der Waals surface area (Å²) in [6.07, 6.45) is 3.18. The maximum Gasteiger partial charge on any atom is 0.231 e. The molecule has 5 heteroatoms. The van der Waals surface area contributed by atoms with E-state index in [0.717, 1.165) is 0 Å². The lowest BCUT2D eigenvalue weighted by molar-refractivity contribution is 0.0971. The number of carbonyl (C=O) groups is 1. The van der Waals surface area contributed by atoms with E-state index in [-0.39, 0.29) is 24.5 Å². The molecule has 0 amide bonds. The summed E-state index contributed by atoms with van der Waals surface area (Å²) in [4.78, 5) is 23.1. The highest BCUT2D eigenvalue weighted by Gasteiger charge is 2.16. The molecule has 0 N–H and O–H groups in total. The predicted molar refractivity (Wildman–Crippen MR) is 67.6 cm³/mol. The Morgan fingerprint density at radius 2 is 1.84 bits per heavy atom. The zero-order valence-electron chi connectivity index (χ0n) is 10.0. The fraction of sp³-hybridized carbons (Fsp3) is 0.143. The van der Waals surface area contributed by atoms with Crippen molar-refractivity contribution in [1.82, 2.24) is 4.57 Å². The van der Waals surface area contributed by atoms with Gasteiger partial charge in [0.05, 0.1) is 6.54 Å². The average Bonchev–Trinajstić information content (AvgIpc) is 2.88. The van der Waals surface area contributed by atoms with Crippen LogP contribution in [0.3, 0.4) is 0 Å². The summed E-state index contributed by atoms with van der Waals surface area (Å²) in [5, 5.41) is 0. The Morgan fingerprint density at radius 1 is 1.11 bits per heavy atom. The van der Waals surface area contributed by atoms with E-state index in [1.54, 1.807) is 35.2 Å². The van der Waals surface area contributed by atoms with Gasteiger partial charge in [-0.1, -0.05) is 0 Å². The second-order valence-electron chi connectivity index (χ2n) is 4.20. The van der Waals surface area contributed by atoms with Crippen LogP contribution in [0.15, 0.2) is 47.5 Å². The normalized spacial score (nSPS) is 12.4. The van der Waals surface area contributed by atoms with Crippen LogP contribution in [-0.4, -0.2) is 17.1 Å². The summed E-state index contributed by atoms with van der Waals surface area (Å²) in [6.45, 7) is 0.368. The summed E-state index contributed by atoms with van der Waals surface area (Å²) in [5.74, 6) is 1.19. The van der Waals surface area contributed by atoms with Gasteiger partial charge in [-0.2, -0.15) is 0 Å². The van der Waals surface area contributed by atoms with Gasteiger partial charge < -0.3 is 14.0 Å². The Morgan fingerprint density at radius 3 is 2.63 bits per heavy atom. The van der Waals surface area contributed by atoms with Crippen LogP contribution in [0.25, 0.3) is 0 Å². The Balaban J connectivity index is 1.80. The van der Waals surface area contributed by atoms with Crippen LogP contribution < -0.4 is 14.9 Å². The molecule has 0 spiro atoms. The van der Waals surface area contributed by atoms with Gasteiger partial charge in [-0.05, 0) is 18.2 Å². The molecule has 0 unspecified atom stereocenters. The molecule has 0 radical (unpaired) electrons. The number of nitrogens with zero attached hydrogens (tertiary/aromatic N) is 1. The van der Waals surface area contributed by atoms with Crippen LogP contribution in [0.5, 0.6) is 11.5 Å². The third-order valence-electron chi connectivity index (χ3n) is 2.88. The van der Waals surface area contributed by atoms with Gasteiger partial charge in [-0.3, -0.25) is 9.59 Å². The SMILES string of the molecule is O=C(Cn1ccc(=O)cc1)c1ccc2c(c1)OCO2. The quantitative estimate of drug-likeness (QED) is 0.781. The molecule has 0 bridgehead atoms. The third-order valence-corrected chi connectivity index (χ3v) is 2.88. The number of Topliss-reactive ketones (excluding diaryl/α,β-unsaturated/α-hetero) is 1. The van der Waals surface area contributed by atoms with Crippen molar-refractivity contribution in [1.29, 1.82) is 0 Å². The zero-order chi connectivity index (χ0) is 13.2. The smallest absolute Gasteiger partial charge is 0.231 e. The summed E-state index contributed by atoms with van der Waals surface area (Å²) in [5.41, 5.74) is 0.481. The number of hydrogen-bond donors (Lipinski definition) is 0. The molecule has 19 heavy (non-hydrogen) atoms. The van der Waals surface area contributed by atoms with E-state index in [9.17, 15) is 9.59 Å². The first-order chi connectivity index (χ1) is 9.22. The molecule has 1 aliphatic rings. The van der Waals surface area contributed by atoms with Crippen molar-refractivity contribution in [3.05, 3.63) is 58.5 Å². The fourth-order valence-corrected chi connectivity index (χ4v) is 1.88. The van der Waals surface area contributed by atoms with Gasteiger partial charge in [0, 0.05) is 30.1 Å². The first-order valence-electron chi connectivity index (χ1n) is 5.81. The van der Waals surface area contributed by atoms with Gasteiger partial charge in [-0.15, -0.1) is 0 Å². The number of pyridine rings is 1. The zero-order valence-corrected chi connectivity index (χ0v) is 10.0. The number of carbonyl (C=O) groups excluding carboxylic acids is 1. The third kappa shape index (κ3) is 2.35. The fourth-order valence-electron chi connectivity index (χ4n) is 1.88. The van der Waals surface area contributed by atoms with Crippen LogP contribution in [0.4, 0.5) is 0 Å². The number of aromatic nitrogens is 1. The Hall–Kier alpha value is -2.56. The largest absolute Gasteiger partial charge is 0.454 e. The molecule has 3 rings (SSSR count). The molecule has 0 fully saturated rings. The molecule has 0 aliphatic carbocycles. The summed E-state index contributed by atoms with van der Waals surface area (Å²) < 4.78 is 12.1. The lowest BCUT2D eigenvalue weighted by atomic mass is 10.1. The minimum atomic E-state index is -0.0771. The lowest BCUT2D eigenvalue weighted by Gasteiger charge is -2.05. The maximum atomic E-state index is 12.1. The summed E-state index contributed by atoms with van der Waals surface area (Å²) >= 11 is 0. The Bertz CT molecular complexity index is 670. The monoisotopic (exact) mass is 257 g/mol. The molecule has 2 heterocycles. The number of rotatable bonds is 3. The van der Waals surface area contributed by atoms with Crippen molar-refractivity contribution in [3.63, 3.8) is 0 Å². The number of fused-ring (bicyclic) bond motifs is 1. The molecular formula is C14H11NO4. The van der Waals surface area contributed by atoms with Gasteiger partial charge in [0.25, 0.3) is 0 Å². The molecule has 0 atom stereocenters. The highest BCUT2D eigenvalue weighted by molar-refractivity contribution is 5.96. The standard InChI is InChI=1S/C14H11NO4/c16-11-3-5-15(6-4-11)8-12(17)10-1-2-13-14(7-10)19-9-18-13/h1-7H,8-9H2. The van der Waals surface area contributed by atoms with E-state index >= 15 is 0 Å². The van der Waals surface area contributed by atoms with Gasteiger partial charge in [-0.25, -0.2) is 0 Å². The second kappa shape index (κ2) is 4.61. The van der Waals surface area contributed by atoms with Crippen LogP contribution in [0.2, 0.25) is 0 Å². The van der Waals surface area contributed by atoms with Crippen LogP contribution >= 0.6 is 0 Å². The van der Waals surface area contributed by atoms with Crippen LogP contribution in [0.1, 0.15) is 10.4 Å². The highest BCUT2D eigenvalue weighted by atomic mass is 16.7. The first-order valence-corrected chi connectivity index (χ1v) is 5.81. The molecule has 96 valence electrons. The molecule has 2 aromatic rings. The van der Waals surface area contributed by atoms with E-state index in [2.05, 4.69) is 0 Å². The predicted octanol–water partition coefficient (Wildman–Crippen LogP) is 1.46. The number of benzene rings is 1. The number of ether oxygens (including phenoxy) is 2. The Labute approximate surface area is 109 Å². The summed E-state index contributed by atoms with van der Waals surface area (Å²) in [6, 6.07) is 7.95. The van der Waals surface area contributed by atoms with Crippen molar-refractivity contribution < 1.29 is 14.3 Å². The Kier molecular flexibility index (Phi) is 2.79. The maximum absolute atomic E-state index is 12.1. The van der Waals surface area contributed by atoms with E-state index in [1.807, 2.05) is 0 Å². The van der Waals surface area contributed by atoms with Crippen molar-refractivity contribution in [3.8, 4) is 11.5 Å². The molecule has 5 nitrogen and oxygen atoms in total. The van der Waals surface area contributed by atoms with Crippen LogP contribution in [0, 0.1) is 0 Å². The molecule has 0 saturated carbocycles. The first kappa shape index (κ1) is 11.5. The van der Waals surface area contributed by atoms with Gasteiger partial charge >= 0.3 is 0 Å². The van der Waals surface area contributed by atoms with Crippen molar-refractivity contribution in [2.75, 3.05) is 6.79 Å². The van der Waals surface area contributed by atoms with E-state index in [1.165, 1.54) is 12.1 Å². The molecule has 0 saturated heterocycles. The van der Waals surface area contributed by atoms with Gasteiger partial charge in [0.1, 0.15) is 0 Å². The van der Waals surface area contributed by atoms with E-state index < -0.39 is 0 Å². The van der Waals surface area contributed by atoms with Crippen molar-refractivity contribution >= 4 is 5.78 Å². The van der Waals surface area contributed by atoms with Gasteiger partial charge in [0.2, 0.25) is 6.79 Å². The van der Waals surface area contributed by atoms with Crippen molar-refractivity contribution in [2.45, 2.75) is 6.54 Å². The second-order valence-corrected chi connectivity index (χ2v) is 4.20. The summed E-state index contributed by atoms with van der Waals surface area (Å²) in [7, 11) is 0. The topological polar surface area (TPSA) is 57.5 Å². The molecule has 1 aliphatic heterocycles. The number of ketones is 1. The van der Waals surface area contributed by atoms with Gasteiger partial charge in [0.15, 0.2) is 22.7 Å². The van der Waals surface area contributed by atoms with E-state index in [0.29, 0.717) is 17.1 Å². The highest BCUT2D eigenvalue weighted by Crippen LogP contribution is 2.32. The van der Waals surface area contributed by atoms with Crippen molar-refractivity contribution in [2.24, 2.45) is 0 Å². The van der Waals surface area contributed by atoms with Crippen LogP contribution in [-0.2, 0) is 6.54 Å². The molecular weight excluding hydrogens is 246 g/mol. The average molecular weight is 257 g/mol. The minimum absolute atomic E-state index is 0.0538. The number of hydrogen-bond acceptors (Lipinski definition) is 4. The molecule has 1 aromatic heterocycles. The minimum Gasteiger partial charge on any atom is -0.454 e. The lowest BCUT2D eigenvalue weighted by Crippen LogP contribution is -2.12. The van der Waals surface area contributed by atoms with E-state index in [4.69, 9.17) is 9.47 Å².